The molecule has 0 aromatic carbocycles. The number of aromatic nitrogens is 3. The van der Waals surface area contributed by atoms with E-state index in [0.29, 0.717) is 19.0 Å². The van der Waals surface area contributed by atoms with Gasteiger partial charge in [-0.25, -0.2) is 19.7 Å². The fourth-order valence-electron chi connectivity index (χ4n) is 4.89. The molecule has 1 aliphatic rings. The highest BCUT2D eigenvalue weighted by atomic mass is 16.6. The first-order chi connectivity index (χ1) is 19.6. The van der Waals surface area contributed by atoms with Crippen molar-refractivity contribution in [3.63, 3.8) is 0 Å². The fraction of sp³-hybridized carbons (Fsp3) is 0.613. The van der Waals surface area contributed by atoms with Gasteiger partial charge in [-0.05, 0) is 82.9 Å². The van der Waals surface area contributed by atoms with Crippen LogP contribution in [-0.4, -0.2) is 56.8 Å². The van der Waals surface area contributed by atoms with Crippen molar-refractivity contribution < 1.29 is 29.0 Å². The molecule has 0 fully saturated rings. The lowest BCUT2D eigenvalue weighted by Crippen LogP contribution is -2.40. The Morgan fingerprint density at radius 1 is 1.05 bits per heavy atom. The predicted molar refractivity (Wildman–Crippen MR) is 155 cm³/mol. The summed E-state index contributed by atoms with van der Waals surface area (Å²) in [6, 6.07) is 4.15. The van der Waals surface area contributed by atoms with Gasteiger partial charge in [0.05, 0.1) is 19.4 Å². The molecule has 224 valence electrons. The third-order valence-electron chi connectivity index (χ3n) is 6.92. The smallest absolute Gasteiger partial charge is 0.416 e. The minimum absolute atomic E-state index is 0.0193. The molecular formula is C31H44N4O6. The Hall–Kier alpha value is -3.56. The van der Waals surface area contributed by atoms with Gasteiger partial charge in [0, 0.05) is 31.1 Å². The summed E-state index contributed by atoms with van der Waals surface area (Å²) in [4.78, 5) is 50.9. The van der Waals surface area contributed by atoms with E-state index in [1.54, 1.807) is 24.2 Å². The molecule has 1 amide bonds. The number of pyridine rings is 1. The van der Waals surface area contributed by atoms with Crippen LogP contribution in [0.2, 0.25) is 0 Å². The Labute approximate surface area is 242 Å². The minimum Gasteiger partial charge on any atom is -0.481 e. The number of amides is 1. The van der Waals surface area contributed by atoms with Crippen LogP contribution in [0.25, 0.3) is 0 Å². The maximum Gasteiger partial charge on any atom is 0.416 e. The molecule has 10 heteroatoms. The summed E-state index contributed by atoms with van der Waals surface area (Å²) in [6.07, 6.45) is 11.0. The van der Waals surface area contributed by atoms with Crippen LogP contribution < -0.4 is 4.90 Å². The molecule has 1 aliphatic heterocycles. The number of fused-ring (bicyclic) bond motifs is 1. The van der Waals surface area contributed by atoms with Crippen LogP contribution in [0.15, 0.2) is 24.5 Å². The van der Waals surface area contributed by atoms with Crippen LogP contribution in [0, 0.1) is 0 Å². The van der Waals surface area contributed by atoms with Gasteiger partial charge in [0.2, 0.25) is 0 Å². The van der Waals surface area contributed by atoms with Gasteiger partial charge in [-0.1, -0.05) is 25.3 Å². The highest BCUT2D eigenvalue weighted by molar-refractivity contribution is 5.88. The van der Waals surface area contributed by atoms with E-state index in [4.69, 9.17) is 19.6 Å². The zero-order valence-electron chi connectivity index (χ0n) is 24.9. The fourth-order valence-corrected chi connectivity index (χ4v) is 4.89. The lowest BCUT2D eigenvalue weighted by atomic mass is 9.92. The Morgan fingerprint density at radius 2 is 1.78 bits per heavy atom. The van der Waals surface area contributed by atoms with Gasteiger partial charge in [0.15, 0.2) is 0 Å². The average molecular weight is 569 g/mol. The first-order valence-corrected chi connectivity index (χ1v) is 14.7. The van der Waals surface area contributed by atoms with Crippen molar-refractivity contribution in [2.24, 2.45) is 0 Å². The van der Waals surface area contributed by atoms with Crippen molar-refractivity contribution in [1.29, 1.82) is 0 Å². The summed E-state index contributed by atoms with van der Waals surface area (Å²) in [5.74, 6) is 0.0233. The zero-order chi connectivity index (χ0) is 29.8. The number of hydrogen-bond acceptors (Lipinski definition) is 8. The quantitative estimate of drug-likeness (QED) is 0.222. The lowest BCUT2D eigenvalue weighted by molar-refractivity contribution is -0.143. The van der Waals surface area contributed by atoms with E-state index in [1.165, 1.54) is 0 Å². The number of carbonyl (C=O) groups is 3. The van der Waals surface area contributed by atoms with Gasteiger partial charge < -0.3 is 14.6 Å². The summed E-state index contributed by atoms with van der Waals surface area (Å²) in [7, 11) is 0. The first-order valence-electron chi connectivity index (χ1n) is 14.7. The lowest BCUT2D eigenvalue weighted by Gasteiger charge is -2.31. The molecule has 0 aliphatic carbocycles. The number of esters is 1. The second kappa shape index (κ2) is 15.4. The molecule has 0 bridgehead atoms. The highest BCUT2D eigenvalue weighted by Gasteiger charge is 2.28. The van der Waals surface area contributed by atoms with Gasteiger partial charge >= 0.3 is 18.0 Å². The molecule has 0 radical (unpaired) electrons. The number of aliphatic carboxylic acids is 1. The monoisotopic (exact) mass is 568 g/mol. The summed E-state index contributed by atoms with van der Waals surface area (Å²) in [5, 5.41) is 8.87. The predicted octanol–water partition coefficient (Wildman–Crippen LogP) is 5.81. The Morgan fingerprint density at radius 3 is 2.46 bits per heavy atom. The van der Waals surface area contributed by atoms with E-state index in [0.717, 1.165) is 74.0 Å². The number of nitrogens with zero attached hydrogens (tertiary/aromatic N) is 4. The van der Waals surface area contributed by atoms with E-state index in [2.05, 4.69) is 22.1 Å². The number of anilines is 1. The Balaban J connectivity index is 1.50. The Bertz CT molecular complexity index is 1160. The van der Waals surface area contributed by atoms with Crippen molar-refractivity contribution in [2.75, 3.05) is 18.1 Å². The normalized spacial score (nSPS) is 13.8. The number of rotatable bonds is 14. The van der Waals surface area contributed by atoms with E-state index in [-0.39, 0.29) is 37.2 Å². The van der Waals surface area contributed by atoms with E-state index >= 15 is 0 Å². The second-order valence-electron chi connectivity index (χ2n) is 11.5. The molecule has 3 rings (SSSR count). The largest absolute Gasteiger partial charge is 0.481 e. The topological polar surface area (TPSA) is 132 Å². The molecule has 0 spiro atoms. The number of carboxylic acid groups (broad SMARTS) is 1. The van der Waals surface area contributed by atoms with Crippen molar-refractivity contribution in [3.8, 4) is 0 Å². The average Bonchev–Trinajstić information content (AvgIpc) is 2.92. The van der Waals surface area contributed by atoms with Gasteiger partial charge in [-0.3, -0.25) is 14.5 Å². The van der Waals surface area contributed by atoms with Crippen molar-refractivity contribution in [2.45, 2.75) is 110 Å². The molecule has 2 aromatic rings. The molecule has 0 saturated carbocycles. The number of aryl methyl sites for hydroxylation is 3. The van der Waals surface area contributed by atoms with E-state index in [9.17, 15) is 14.4 Å². The summed E-state index contributed by atoms with van der Waals surface area (Å²) >= 11 is 0. The maximum atomic E-state index is 12.8. The number of hydrogen-bond donors (Lipinski definition) is 1. The van der Waals surface area contributed by atoms with Crippen molar-refractivity contribution in [3.05, 3.63) is 47.2 Å². The zero-order valence-corrected chi connectivity index (χ0v) is 24.9. The van der Waals surface area contributed by atoms with Gasteiger partial charge in [-0.15, -0.1) is 0 Å². The number of ether oxygens (including phenoxy) is 2. The Kier molecular flexibility index (Phi) is 12.0. The van der Waals surface area contributed by atoms with Crippen LogP contribution in [-0.2, 0) is 38.3 Å². The van der Waals surface area contributed by atoms with E-state index in [1.807, 2.05) is 20.8 Å². The minimum atomic E-state index is -0.886. The summed E-state index contributed by atoms with van der Waals surface area (Å²) < 4.78 is 10.8. The summed E-state index contributed by atoms with van der Waals surface area (Å²) in [5.41, 5.74) is 2.36. The molecule has 0 saturated heterocycles. The SMILES string of the molecule is CCOC(=O)C[C@H](CCCCCCc1ccc2c(n1)N(C(=O)OC(C)(C)C)CCC2)c1cnc(CCC(=O)O)nc1. The maximum absolute atomic E-state index is 12.8. The molecule has 3 heterocycles. The third kappa shape index (κ3) is 10.7. The van der Waals surface area contributed by atoms with Crippen LogP contribution in [0.1, 0.15) is 108 Å². The van der Waals surface area contributed by atoms with Crippen molar-refractivity contribution in [1.82, 2.24) is 15.0 Å². The van der Waals surface area contributed by atoms with Crippen LogP contribution >= 0.6 is 0 Å². The molecule has 2 aromatic heterocycles. The standard InChI is InChI=1S/C31H44N4O6/c1-5-40-28(38)19-23(24-20-32-26(33-21-24)16-17-27(36)37)11-8-6-7-9-13-25-15-14-22-12-10-18-35(29(22)34-25)30(39)41-31(2,3)4/h14-15,20-21,23H,5-13,16-19H2,1-4H3,(H,36,37)/t23-/m0/s1. The van der Waals surface area contributed by atoms with Crippen LogP contribution in [0.3, 0.4) is 0 Å². The van der Waals surface area contributed by atoms with Gasteiger partial charge in [-0.2, -0.15) is 0 Å². The number of unbranched alkanes of at least 4 members (excludes halogenated alkanes) is 3. The summed E-state index contributed by atoms with van der Waals surface area (Å²) in [6.45, 7) is 8.34. The molecule has 10 nitrogen and oxygen atoms in total. The first kappa shape index (κ1) is 32.0. The molecular weight excluding hydrogens is 524 g/mol. The molecule has 0 unspecified atom stereocenters. The second-order valence-corrected chi connectivity index (χ2v) is 11.5. The van der Waals surface area contributed by atoms with Gasteiger partial charge in [0.25, 0.3) is 0 Å². The van der Waals surface area contributed by atoms with Crippen molar-refractivity contribution >= 4 is 23.8 Å². The third-order valence-corrected chi connectivity index (χ3v) is 6.92. The van der Waals surface area contributed by atoms with Gasteiger partial charge in [0.1, 0.15) is 17.2 Å². The van der Waals surface area contributed by atoms with E-state index < -0.39 is 11.6 Å². The van der Waals surface area contributed by atoms with Crippen LogP contribution in [0.4, 0.5) is 10.6 Å². The molecule has 1 atom stereocenters. The molecule has 41 heavy (non-hydrogen) atoms. The molecule has 1 N–H and O–H groups in total. The number of carbonyl (C=O) groups excluding carboxylic acids is 2. The highest BCUT2D eigenvalue weighted by Crippen LogP contribution is 2.28. The number of carboxylic acids is 1. The van der Waals surface area contributed by atoms with Crippen LogP contribution in [0.5, 0.6) is 0 Å².